The molecule has 0 unspecified atom stereocenters. The van der Waals surface area contributed by atoms with E-state index in [1.807, 2.05) is 11.3 Å². The highest BCUT2D eigenvalue weighted by atomic mass is 32.1. The predicted octanol–water partition coefficient (Wildman–Crippen LogP) is 13.6. The Kier molecular flexibility index (Phi) is 5.71. The molecular weight excluding hydrogens is 573 g/mol. The van der Waals surface area contributed by atoms with Crippen LogP contribution in [-0.2, 0) is 0 Å². The van der Waals surface area contributed by atoms with Crippen molar-refractivity contribution >= 4 is 74.6 Å². The van der Waals surface area contributed by atoms with E-state index in [1.165, 1.54) is 116 Å². The van der Waals surface area contributed by atoms with Gasteiger partial charge < -0.3 is 0 Å². The standard InChI is InChI=1S/C45H32S/c1-27-12-8-22-36-39(26-29-15-10-21-30(28-13-9-14-28)42(29)41(27)36)44-34-19-4-2-17-32(34)43(33-18-3-5-20-35(33)44)38-24-11-23-37-31-16-6-7-25-40(31)46-45(37)38/h2-8,10-12,15-26,28H,9,13-14H2,1H3. The second-order valence-corrected chi connectivity index (χ2v) is 14.2. The molecule has 1 aromatic heterocycles. The first-order chi connectivity index (χ1) is 22.8. The van der Waals surface area contributed by atoms with Crippen molar-refractivity contribution in [1.29, 1.82) is 0 Å². The van der Waals surface area contributed by atoms with Crippen molar-refractivity contribution in [3.05, 3.63) is 145 Å². The van der Waals surface area contributed by atoms with Gasteiger partial charge in [0.2, 0.25) is 0 Å². The van der Waals surface area contributed by atoms with Crippen molar-refractivity contribution in [2.24, 2.45) is 0 Å². The first-order valence-electron chi connectivity index (χ1n) is 16.6. The molecule has 1 aliphatic rings. The molecule has 0 saturated heterocycles. The summed E-state index contributed by atoms with van der Waals surface area (Å²) >= 11 is 1.92. The minimum absolute atomic E-state index is 0.676. The van der Waals surface area contributed by atoms with E-state index in [-0.39, 0.29) is 0 Å². The van der Waals surface area contributed by atoms with Crippen LogP contribution in [0.4, 0.5) is 0 Å². The van der Waals surface area contributed by atoms with Crippen molar-refractivity contribution < 1.29 is 0 Å². The van der Waals surface area contributed by atoms with Gasteiger partial charge in [-0.05, 0) is 109 Å². The van der Waals surface area contributed by atoms with Gasteiger partial charge in [-0.3, -0.25) is 0 Å². The van der Waals surface area contributed by atoms with Crippen LogP contribution in [0.3, 0.4) is 0 Å². The maximum absolute atomic E-state index is 2.50. The fraction of sp³-hybridized carbons (Fsp3) is 0.111. The monoisotopic (exact) mass is 604 g/mol. The molecule has 1 aliphatic carbocycles. The van der Waals surface area contributed by atoms with Crippen LogP contribution < -0.4 is 0 Å². The van der Waals surface area contributed by atoms with Crippen LogP contribution in [0, 0.1) is 6.92 Å². The SMILES string of the molecule is Cc1cccc2c(-c3c4ccccc4c(-c4cccc5c4sc4ccccc45)c4ccccc34)cc3cccc(C4CCC4)c3c12. The van der Waals surface area contributed by atoms with E-state index in [0.717, 1.165) is 0 Å². The van der Waals surface area contributed by atoms with E-state index >= 15 is 0 Å². The first-order valence-corrected chi connectivity index (χ1v) is 17.4. The van der Waals surface area contributed by atoms with Crippen LogP contribution >= 0.6 is 11.3 Å². The number of hydrogen-bond donors (Lipinski definition) is 0. The quantitative estimate of drug-likeness (QED) is 0.139. The molecule has 0 bridgehead atoms. The molecule has 0 atom stereocenters. The third kappa shape index (κ3) is 3.67. The molecular formula is C45H32S. The highest BCUT2D eigenvalue weighted by molar-refractivity contribution is 7.26. The van der Waals surface area contributed by atoms with Crippen LogP contribution in [-0.4, -0.2) is 0 Å². The number of rotatable bonds is 3. The summed E-state index contributed by atoms with van der Waals surface area (Å²) in [6.45, 7) is 2.30. The topological polar surface area (TPSA) is 0 Å². The van der Waals surface area contributed by atoms with Crippen LogP contribution in [0.1, 0.15) is 36.3 Å². The highest BCUT2D eigenvalue weighted by Crippen LogP contribution is 2.50. The molecule has 218 valence electrons. The lowest BCUT2D eigenvalue weighted by Crippen LogP contribution is -2.09. The van der Waals surface area contributed by atoms with Gasteiger partial charge in [0.05, 0.1) is 0 Å². The van der Waals surface area contributed by atoms with Crippen molar-refractivity contribution in [3.63, 3.8) is 0 Å². The molecule has 1 saturated carbocycles. The summed E-state index contributed by atoms with van der Waals surface area (Å²) in [4.78, 5) is 0. The fourth-order valence-corrected chi connectivity index (χ4v) is 9.60. The zero-order valence-corrected chi connectivity index (χ0v) is 26.6. The maximum Gasteiger partial charge on any atom is 0.0434 e. The number of benzene rings is 8. The fourth-order valence-electron chi connectivity index (χ4n) is 8.37. The summed E-state index contributed by atoms with van der Waals surface area (Å²) in [5.41, 5.74) is 8.22. The number of fused-ring (bicyclic) bond motifs is 8. The summed E-state index contributed by atoms with van der Waals surface area (Å²) in [6.07, 6.45) is 3.95. The van der Waals surface area contributed by atoms with E-state index in [9.17, 15) is 0 Å². The maximum atomic E-state index is 2.50. The smallest absolute Gasteiger partial charge is 0.0434 e. The Bertz CT molecular complexity index is 2630. The second kappa shape index (κ2) is 10.0. The minimum Gasteiger partial charge on any atom is -0.135 e. The summed E-state index contributed by atoms with van der Waals surface area (Å²) in [7, 11) is 0. The summed E-state index contributed by atoms with van der Waals surface area (Å²) in [5.74, 6) is 0.676. The van der Waals surface area contributed by atoms with E-state index in [4.69, 9.17) is 0 Å². The highest BCUT2D eigenvalue weighted by Gasteiger charge is 2.25. The van der Waals surface area contributed by atoms with Gasteiger partial charge in [-0.2, -0.15) is 0 Å². The molecule has 1 heterocycles. The van der Waals surface area contributed by atoms with Crippen molar-refractivity contribution in [1.82, 2.24) is 0 Å². The Labute approximate surface area is 272 Å². The van der Waals surface area contributed by atoms with Gasteiger partial charge in [0.15, 0.2) is 0 Å². The van der Waals surface area contributed by atoms with Gasteiger partial charge in [0.25, 0.3) is 0 Å². The third-order valence-electron chi connectivity index (χ3n) is 10.7. The second-order valence-electron chi connectivity index (χ2n) is 13.1. The lowest BCUT2D eigenvalue weighted by atomic mass is 9.76. The minimum atomic E-state index is 0.676. The Morgan fingerprint density at radius 1 is 0.500 bits per heavy atom. The van der Waals surface area contributed by atoms with Gasteiger partial charge in [-0.25, -0.2) is 0 Å². The molecule has 10 rings (SSSR count). The summed E-state index contributed by atoms with van der Waals surface area (Å²) in [6, 6.07) is 50.4. The predicted molar refractivity (Wildman–Crippen MR) is 202 cm³/mol. The molecule has 0 aliphatic heterocycles. The van der Waals surface area contributed by atoms with Gasteiger partial charge >= 0.3 is 0 Å². The zero-order valence-electron chi connectivity index (χ0n) is 25.8. The Morgan fingerprint density at radius 3 is 1.78 bits per heavy atom. The average Bonchev–Trinajstić information content (AvgIpc) is 3.46. The van der Waals surface area contributed by atoms with Crippen LogP contribution in [0.5, 0.6) is 0 Å². The number of thiophene rings is 1. The first kappa shape index (κ1) is 26.3. The van der Waals surface area contributed by atoms with E-state index in [1.54, 1.807) is 0 Å². The molecule has 1 fully saturated rings. The van der Waals surface area contributed by atoms with Crippen LogP contribution in [0.25, 0.3) is 85.5 Å². The Balaban J connectivity index is 1.36. The van der Waals surface area contributed by atoms with Crippen molar-refractivity contribution in [3.8, 4) is 22.3 Å². The largest absolute Gasteiger partial charge is 0.135 e. The van der Waals surface area contributed by atoms with Crippen LogP contribution in [0.2, 0.25) is 0 Å². The number of aryl methyl sites for hydroxylation is 1. The molecule has 1 heteroatoms. The summed E-state index contributed by atoms with van der Waals surface area (Å²) < 4.78 is 2.71. The van der Waals surface area contributed by atoms with Crippen molar-refractivity contribution in [2.45, 2.75) is 32.1 Å². The summed E-state index contributed by atoms with van der Waals surface area (Å²) in [5, 5.41) is 13.5. The molecule has 46 heavy (non-hydrogen) atoms. The van der Waals surface area contributed by atoms with E-state index < -0.39 is 0 Å². The Morgan fingerprint density at radius 2 is 1.09 bits per heavy atom. The molecule has 0 nitrogen and oxygen atoms in total. The number of hydrogen-bond acceptors (Lipinski definition) is 1. The van der Waals surface area contributed by atoms with Gasteiger partial charge in [-0.15, -0.1) is 11.3 Å². The van der Waals surface area contributed by atoms with E-state index in [0.29, 0.717) is 5.92 Å². The van der Waals surface area contributed by atoms with Crippen LogP contribution in [0.15, 0.2) is 133 Å². The normalized spacial score (nSPS) is 13.8. The van der Waals surface area contributed by atoms with Gasteiger partial charge in [0, 0.05) is 25.7 Å². The van der Waals surface area contributed by atoms with Crippen molar-refractivity contribution in [2.75, 3.05) is 0 Å². The molecule has 8 aromatic carbocycles. The third-order valence-corrected chi connectivity index (χ3v) is 11.9. The van der Waals surface area contributed by atoms with Gasteiger partial charge in [0.1, 0.15) is 0 Å². The molecule has 0 spiro atoms. The molecule has 0 amide bonds. The lowest BCUT2D eigenvalue weighted by molar-refractivity contribution is 0.422. The Hall–Kier alpha value is -4.98. The molecule has 0 N–H and O–H groups in total. The molecule has 0 radical (unpaired) electrons. The van der Waals surface area contributed by atoms with Gasteiger partial charge in [-0.1, -0.05) is 128 Å². The average molecular weight is 605 g/mol. The van der Waals surface area contributed by atoms with E-state index in [2.05, 4.69) is 140 Å². The zero-order chi connectivity index (χ0) is 30.4. The molecule has 9 aromatic rings. The lowest BCUT2D eigenvalue weighted by Gasteiger charge is -2.28.